The van der Waals surface area contributed by atoms with Gasteiger partial charge in [-0.05, 0) is 77.7 Å². The number of ether oxygens (including phenoxy) is 1. The number of aryl methyl sites for hydroxylation is 1. The van der Waals surface area contributed by atoms with E-state index in [2.05, 4.69) is 20.0 Å². The molecule has 1 saturated carbocycles. The lowest BCUT2D eigenvalue weighted by Crippen LogP contribution is -2.59. The average molecular weight is 636 g/mol. The van der Waals surface area contributed by atoms with Crippen molar-refractivity contribution < 1.29 is 40.7 Å². The van der Waals surface area contributed by atoms with E-state index in [1.54, 1.807) is 12.1 Å². The maximum absolute atomic E-state index is 15.2. The van der Waals surface area contributed by atoms with Crippen LogP contribution in [-0.4, -0.2) is 34.6 Å². The quantitative estimate of drug-likeness (QED) is 0.131. The number of aromatic nitrogens is 2. The van der Waals surface area contributed by atoms with Crippen LogP contribution in [0.1, 0.15) is 58.3 Å². The summed E-state index contributed by atoms with van der Waals surface area (Å²) in [6.45, 7) is 1.97. The molecule has 2 heterocycles. The van der Waals surface area contributed by atoms with Gasteiger partial charge in [0.2, 0.25) is 0 Å². The largest absolute Gasteiger partial charge is 0.522 e. The van der Waals surface area contributed by atoms with E-state index in [0.29, 0.717) is 40.4 Å². The number of fused-ring (bicyclic) bond motifs is 1. The second-order valence-electron chi connectivity index (χ2n) is 11.1. The van der Waals surface area contributed by atoms with Gasteiger partial charge in [-0.25, -0.2) is 18.7 Å². The van der Waals surface area contributed by atoms with E-state index in [1.165, 1.54) is 54.9 Å². The summed E-state index contributed by atoms with van der Waals surface area (Å²) in [5.41, 5.74) is 1.34. The summed E-state index contributed by atoms with van der Waals surface area (Å²) in [6, 6.07) is 14.6. The molecule has 46 heavy (non-hydrogen) atoms. The van der Waals surface area contributed by atoms with Crippen molar-refractivity contribution in [3.05, 3.63) is 107 Å². The van der Waals surface area contributed by atoms with Crippen LogP contribution in [0.3, 0.4) is 0 Å². The third-order valence-electron chi connectivity index (χ3n) is 8.02. The maximum atomic E-state index is 15.2. The van der Waals surface area contributed by atoms with Gasteiger partial charge in [-0.15, -0.1) is 13.2 Å². The van der Waals surface area contributed by atoms with Gasteiger partial charge in [-0.2, -0.15) is 0 Å². The molecule has 0 aliphatic heterocycles. The molecule has 1 aliphatic carbocycles. The molecule has 0 radical (unpaired) electrons. The molecular weight excluding hydrogens is 609 g/mol. The van der Waals surface area contributed by atoms with Crippen LogP contribution in [-0.2, 0) is 16.7 Å². The Morgan fingerprint density at radius 1 is 1.04 bits per heavy atom. The molecule has 3 aromatic carbocycles. The molecule has 236 valence electrons. The highest BCUT2D eigenvalue weighted by Gasteiger charge is 2.53. The highest BCUT2D eigenvalue weighted by Crippen LogP contribution is 2.44. The van der Waals surface area contributed by atoms with Gasteiger partial charge in [0.15, 0.2) is 12.1 Å². The lowest BCUT2D eigenvalue weighted by molar-refractivity contribution is -0.356. The molecule has 2 aromatic heterocycles. The summed E-state index contributed by atoms with van der Waals surface area (Å²) in [4.78, 5) is 34.1. The first-order valence-electron chi connectivity index (χ1n) is 14.5. The number of carbonyl (C=O) groups excluding carboxylic acids is 2. The predicted molar refractivity (Wildman–Crippen MR) is 158 cm³/mol. The monoisotopic (exact) mass is 635 g/mol. The van der Waals surface area contributed by atoms with E-state index in [-0.39, 0.29) is 35.6 Å². The minimum atomic E-state index is -4.87. The Hall–Kier alpha value is -4.97. The topological polar surface area (TPSA) is 94.3 Å². The SMILES string of the molecule is CCCc1cc2oc(-c3ccc(F)cc3)c(C=O)c2cc1-c1ccc(F)c(C(=O)NC2(c3ncccn3)CC(OC(F)(F)F)C2)c1. The first-order chi connectivity index (χ1) is 22.0. The second kappa shape index (κ2) is 12.1. The number of aldehydes is 1. The molecule has 0 unspecified atom stereocenters. The Kier molecular flexibility index (Phi) is 8.15. The van der Waals surface area contributed by atoms with E-state index in [1.807, 2.05) is 6.92 Å². The summed E-state index contributed by atoms with van der Waals surface area (Å²) >= 11 is 0. The number of benzene rings is 3. The smallest absolute Gasteiger partial charge is 0.455 e. The fourth-order valence-electron chi connectivity index (χ4n) is 5.91. The Balaban J connectivity index is 1.38. The van der Waals surface area contributed by atoms with Gasteiger partial charge >= 0.3 is 6.36 Å². The fourth-order valence-corrected chi connectivity index (χ4v) is 5.91. The lowest BCUT2D eigenvalue weighted by Gasteiger charge is -2.46. The van der Waals surface area contributed by atoms with Crippen LogP contribution in [0.5, 0.6) is 0 Å². The summed E-state index contributed by atoms with van der Waals surface area (Å²) in [5, 5.41) is 3.15. The molecule has 1 N–H and O–H groups in total. The standard InChI is InChI=1S/C34H26F5N3O4/c1-2-4-20-14-29-25(27(18-43)30(45-29)19-5-8-22(35)9-6-19)15-24(20)21-7-10-28(36)26(13-21)31(44)42-33(32-40-11-3-12-41-32)16-23(17-33)46-34(37,38)39/h3,5-15,18,23H,2,4,16-17H2,1H3,(H,42,44). The summed E-state index contributed by atoms with van der Waals surface area (Å²) in [6.07, 6.45) is -1.89. The number of halogens is 5. The molecule has 7 nitrogen and oxygen atoms in total. The van der Waals surface area contributed by atoms with Crippen LogP contribution in [0.15, 0.2) is 77.5 Å². The Morgan fingerprint density at radius 2 is 1.74 bits per heavy atom. The molecule has 1 aliphatic rings. The predicted octanol–water partition coefficient (Wildman–Crippen LogP) is 7.92. The number of rotatable bonds is 9. The molecule has 0 saturated heterocycles. The average Bonchev–Trinajstić information content (AvgIpc) is 3.37. The lowest BCUT2D eigenvalue weighted by atomic mass is 9.73. The number of furan rings is 1. The van der Waals surface area contributed by atoms with Crippen molar-refractivity contribution in [3.8, 4) is 22.5 Å². The number of amides is 1. The molecule has 1 amide bonds. The normalized spacial score (nSPS) is 17.9. The third-order valence-corrected chi connectivity index (χ3v) is 8.02. The van der Waals surface area contributed by atoms with Crippen LogP contribution in [0.2, 0.25) is 0 Å². The Morgan fingerprint density at radius 3 is 2.39 bits per heavy atom. The molecular formula is C34H26F5N3O4. The number of hydrogen-bond acceptors (Lipinski definition) is 6. The number of nitrogens with zero attached hydrogens (tertiary/aromatic N) is 2. The van der Waals surface area contributed by atoms with Gasteiger partial charge < -0.3 is 9.73 Å². The minimum Gasteiger partial charge on any atom is -0.455 e. The molecule has 5 aromatic rings. The van der Waals surface area contributed by atoms with E-state index in [0.717, 1.165) is 18.1 Å². The van der Waals surface area contributed by atoms with Crippen LogP contribution in [0, 0.1) is 11.6 Å². The first-order valence-corrected chi connectivity index (χ1v) is 14.5. The Labute approximate surface area is 259 Å². The van der Waals surface area contributed by atoms with Crippen LogP contribution >= 0.6 is 0 Å². The van der Waals surface area contributed by atoms with Crippen molar-refractivity contribution in [2.45, 2.75) is 50.6 Å². The number of carbonyl (C=O) groups is 2. The zero-order valence-electron chi connectivity index (χ0n) is 24.3. The van der Waals surface area contributed by atoms with Crippen molar-refractivity contribution in [3.63, 3.8) is 0 Å². The van der Waals surface area contributed by atoms with Gasteiger partial charge in [0.25, 0.3) is 5.91 Å². The molecule has 1 fully saturated rings. The zero-order valence-corrected chi connectivity index (χ0v) is 24.3. The van der Waals surface area contributed by atoms with Crippen LogP contribution < -0.4 is 5.32 Å². The zero-order chi connectivity index (χ0) is 32.6. The summed E-state index contributed by atoms with van der Waals surface area (Å²) in [5.74, 6) is -1.81. The fraction of sp³-hybridized carbons (Fsp3) is 0.235. The highest BCUT2D eigenvalue weighted by atomic mass is 19.4. The molecule has 6 rings (SSSR count). The molecule has 0 bridgehead atoms. The van der Waals surface area contributed by atoms with Gasteiger partial charge in [0, 0.05) is 36.2 Å². The van der Waals surface area contributed by atoms with E-state index < -0.39 is 35.5 Å². The molecule has 0 spiro atoms. The van der Waals surface area contributed by atoms with Crippen molar-refractivity contribution in [1.82, 2.24) is 15.3 Å². The minimum absolute atomic E-state index is 0.0796. The van der Waals surface area contributed by atoms with Crippen molar-refractivity contribution in [2.75, 3.05) is 0 Å². The summed E-state index contributed by atoms with van der Waals surface area (Å²) < 4.78 is 77.6. The second-order valence-corrected chi connectivity index (χ2v) is 11.1. The molecule has 0 atom stereocenters. The van der Waals surface area contributed by atoms with Crippen molar-refractivity contribution in [2.24, 2.45) is 0 Å². The van der Waals surface area contributed by atoms with Crippen molar-refractivity contribution in [1.29, 1.82) is 0 Å². The molecule has 12 heteroatoms. The van der Waals surface area contributed by atoms with Gasteiger partial charge in [0.05, 0.1) is 17.2 Å². The number of hydrogen-bond donors (Lipinski definition) is 1. The number of nitrogens with one attached hydrogen (secondary N) is 1. The summed E-state index contributed by atoms with van der Waals surface area (Å²) in [7, 11) is 0. The highest BCUT2D eigenvalue weighted by molar-refractivity contribution is 6.04. The van der Waals surface area contributed by atoms with Crippen molar-refractivity contribution >= 4 is 23.2 Å². The van der Waals surface area contributed by atoms with E-state index >= 15 is 4.39 Å². The first kappa shape index (κ1) is 31.0. The van der Waals surface area contributed by atoms with Crippen LogP contribution in [0.4, 0.5) is 22.0 Å². The third kappa shape index (κ3) is 6.00. The van der Waals surface area contributed by atoms with Gasteiger partial charge in [-0.3, -0.25) is 14.3 Å². The van der Waals surface area contributed by atoms with E-state index in [9.17, 15) is 27.2 Å². The Bertz CT molecular complexity index is 1920. The maximum Gasteiger partial charge on any atom is 0.522 e. The number of alkyl halides is 3. The van der Waals surface area contributed by atoms with Gasteiger partial charge in [-0.1, -0.05) is 19.4 Å². The van der Waals surface area contributed by atoms with Gasteiger partial charge in [0.1, 0.15) is 28.5 Å². The van der Waals surface area contributed by atoms with E-state index in [4.69, 9.17) is 4.42 Å². The van der Waals surface area contributed by atoms with Crippen LogP contribution in [0.25, 0.3) is 33.4 Å².